The van der Waals surface area contributed by atoms with Gasteiger partial charge in [-0.2, -0.15) is 0 Å². The van der Waals surface area contributed by atoms with Crippen molar-refractivity contribution in [1.29, 1.82) is 0 Å². The smallest absolute Gasteiger partial charge is 0.0280 e. The Morgan fingerprint density at radius 3 is 1.38 bits per heavy atom. The molecule has 0 aliphatic heterocycles. The van der Waals surface area contributed by atoms with Crippen LogP contribution in [0.2, 0.25) is 0 Å². The summed E-state index contributed by atoms with van der Waals surface area (Å²) in [6.45, 7) is 0. The van der Waals surface area contributed by atoms with Crippen molar-refractivity contribution >= 4 is 0 Å². The molecule has 0 heterocycles. The average molecular weight is 106 g/mol. The van der Waals surface area contributed by atoms with E-state index >= 15 is 0 Å². The first-order valence-electron chi connectivity index (χ1n) is 3.32. The minimum Gasteiger partial charge on any atom is -0.0696 e. The Balaban J connectivity index is 1.99. The summed E-state index contributed by atoms with van der Waals surface area (Å²) >= 11 is 0. The highest BCUT2D eigenvalue weighted by Gasteiger charge is 2.12. The summed E-state index contributed by atoms with van der Waals surface area (Å²) in [7, 11) is 0. The highest BCUT2D eigenvalue weighted by Crippen LogP contribution is 2.31. The van der Waals surface area contributed by atoms with Gasteiger partial charge in [-0.05, 0) is 25.7 Å². The molecule has 0 heteroatoms. The third-order valence-corrected chi connectivity index (χ3v) is 1.63. The molecular formula is C8H10. The van der Waals surface area contributed by atoms with Gasteiger partial charge in [-0.15, -0.1) is 0 Å². The molecular weight excluding hydrogens is 96.1 g/mol. The Morgan fingerprint density at radius 1 is 0.750 bits per heavy atom. The van der Waals surface area contributed by atoms with Crippen molar-refractivity contribution < 1.29 is 0 Å². The number of allylic oxidation sites excluding steroid dienone is 4. The Bertz CT molecular complexity index is 129. The molecule has 0 aromatic heterocycles. The maximum Gasteiger partial charge on any atom is -0.0280 e. The summed E-state index contributed by atoms with van der Waals surface area (Å²) in [5, 5.41) is 0. The normalized spacial score (nSPS) is 23.0. The standard InChI is InChI=1S/C8H10/c1-2-7(1)5-6-8-3-4-8/h5-6H,1-4H2. The van der Waals surface area contributed by atoms with Crippen molar-refractivity contribution in [3.05, 3.63) is 23.3 Å². The van der Waals surface area contributed by atoms with E-state index in [1.54, 1.807) is 11.1 Å². The second-order valence-electron chi connectivity index (χ2n) is 2.65. The molecule has 42 valence electrons. The van der Waals surface area contributed by atoms with Crippen molar-refractivity contribution in [2.45, 2.75) is 25.7 Å². The third kappa shape index (κ3) is 1.00. The Hall–Kier alpha value is -0.520. The van der Waals surface area contributed by atoms with Crippen LogP contribution in [0.1, 0.15) is 25.7 Å². The van der Waals surface area contributed by atoms with E-state index < -0.39 is 0 Å². The molecule has 0 bridgehead atoms. The molecule has 0 radical (unpaired) electrons. The van der Waals surface area contributed by atoms with E-state index in [4.69, 9.17) is 0 Å². The molecule has 0 aromatic rings. The molecule has 0 N–H and O–H groups in total. The summed E-state index contributed by atoms with van der Waals surface area (Å²) in [6, 6.07) is 0. The zero-order chi connectivity index (χ0) is 5.40. The summed E-state index contributed by atoms with van der Waals surface area (Å²) in [6.07, 6.45) is 10.0. The lowest BCUT2D eigenvalue weighted by Crippen LogP contribution is -1.45. The lowest BCUT2D eigenvalue weighted by molar-refractivity contribution is 1.50. The van der Waals surface area contributed by atoms with E-state index in [0.29, 0.717) is 0 Å². The van der Waals surface area contributed by atoms with Crippen molar-refractivity contribution in [2.75, 3.05) is 0 Å². The van der Waals surface area contributed by atoms with Crippen LogP contribution in [-0.2, 0) is 0 Å². The quantitative estimate of drug-likeness (QED) is 0.481. The van der Waals surface area contributed by atoms with Gasteiger partial charge in [0.05, 0.1) is 0 Å². The van der Waals surface area contributed by atoms with Gasteiger partial charge in [-0.25, -0.2) is 0 Å². The topological polar surface area (TPSA) is 0 Å². The number of hydrogen-bond donors (Lipinski definition) is 0. The molecule has 8 heavy (non-hydrogen) atoms. The van der Waals surface area contributed by atoms with Crippen molar-refractivity contribution in [1.82, 2.24) is 0 Å². The largest absolute Gasteiger partial charge is 0.0696 e. The third-order valence-electron chi connectivity index (χ3n) is 1.63. The molecule has 2 saturated carbocycles. The monoisotopic (exact) mass is 106 g/mol. The zero-order valence-electron chi connectivity index (χ0n) is 4.98. The van der Waals surface area contributed by atoms with Crippen molar-refractivity contribution in [2.24, 2.45) is 0 Å². The van der Waals surface area contributed by atoms with E-state index in [-0.39, 0.29) is 0 Å². The second kappa shape index (κ2) is 1.48. The second-order valence-corrected chi connectivity index (χ2v) is 2.65. The van der Waals surface area contributed by atoms with E-state index in [9.17, 15) is 0 Å². The highest BCUT2D eigenvalue weighted by molar-refractivity contribution is 5.29. The number of rotatable bonds is 1. The van der Waals surface area contributed by atoms with Gasteiger partial charge in [0.15, 0.2) is 0 Å². The first-order chi connectivity index (χ1) is 3.95. The van der Waals surface area contributed by atoms with Gasteiger partial charge < -0.3 is 0 Å². The molecule has 0 atom stereocenters. The molecule has 2 rings (SSSR count). The molecule has 2 aliphatic rings. The molecule has 0 amide bonds. The summed E-state index contributed by atoms with van der Waals surface area (Å²) in [5.41, 5.74) is 3.29. The van der Waals surface area contributed by atoms with Crippen LogP contribution in [0.3, 0.4) is 0 Å². The van der Waals surface area contributed by atoms with Gasteiger partial charge in [0.2, 0.25) is 0 Å². The van der Waals surface area contributed by atoms with Gasteiger partial charge >= 0.3 is 0 Å². The SMILES string of the molecule is C(C=C1CC1)=C1CC1. The van der Waals surface area contributed by atoms with E-state index in [2.05, 4.69) is 12.2 Å². The predicted octanol–water partition coefficient (Wildman–Crippen LogP) is 2.43. The first-order valence-corrected chi connectivity index (χ1v) is 3.32. The molecule has 2 aliphatic carbocycles. The molecule has 2 fully saturated rings. The van der Waals surface area contributed by atoms with E-state index in [0.717, 1.165) is 0 Å². The molecule has 0 aromatic carbocycles. The van der Waals surface area contributed by atoms with Gasteiger partial charge in [0.1, 0.15) is 0 Å². The van der Waals surface area contributed by atoms with Gasteiger partial charge in [0.25, 0.3) is 0 Å². The molecule has 0 unspecified atom stereocenters. The lowest BCUT2D eigenvalue weighted by atomic mass is 10.4. The minimum atomic E-state index is 1.36. The fourth-order valence-electron chi connectivity index (χ4n) is 0.713. The van der Waals surface area contributed by atoms with Crippen molar-refractivity contribution in [3.8, 4) is 0 Å². The summed E-state index contributed by atoms with van der Waals surface area (Å²) in [4.78, 5) is 0. The maximum absolute atomic E-state index is 2.29. The van der Waals surface area contributed by atoms with Gasteiger partial charge in [0, 0.05) is 0 Å². The maximum atomic E-state index is 2.29. The van der Waals surface area contributed by atoms with Gasteiger partial charge in [-0.3, -0.25) is 0 Å². The Morgan fingerprint density at radius 2 is 1.12 bits per heavy atom. The fourth-order valence-corrected chi connectivity index (χ4v) is 0.713. The molecule has 0 saturated heterocycles. The zero-order valence-corrected chi connectivity index (χ0v) is 4.98. The Kier molecular flexibility index (Phi) is 0.806. The lowest BCUT2D eigenvalue weighted by Gasteiger charge is -1.66. The van der Waals surface area contributed by atoms with Crippen LogP contribution in [-0.4, -0.2) is 0 Å². The van der Waals surface area contributed by atoms with Crippen LogP contribution in [0.4, 0.5) is 0 Å². The Labute approximate surface area is 49.9 Å². The number of hydrogen-bond acceptors (Lipinski definition) is 0. The van der Waals surface area contributed by atoms with Crippen LogP contribution >= 0.6 is 0 Å². The summed E-state index contributed by atoms with van der Waals surface area (Å²) < 4.78 is 0. The van der Waals surface area contributed by atoms with Crippen LogP contribution in [0.25, 0.3) is 0 Å². The van der Waals surface area contributed by atoms with Crippen LogP contribution < -0.4 is 0 Å². The van der Waals surface area contributed by atoms with E-state index in [1.165, 1.54) is 25.7 Å². The van der Waals surface area contributed by atoms with E-state index in [1.807, 2.05) is 0 Å². The van der Waals surface area contributed by atoms with Crippen LogP contribution in [0, 0.1) is 0 Å². The first kappa shape index (κ1) is 4.37. The summed E-state index contributed by atoms with van der Waals surface area (Å²) in [5.74, 6) is 0. The molecule has 0 nitrogen and oxygen atoms in total. The van der Waals surface area contributed by atoms with Gasteiger partial charge in [-0.1, -0.05) is 23.3 Å². The van der Waals surface area contributed by atoms with Crippen LogP contribution in [0.15, 0.2) is 23.3 Å². The fraction of sp³-hybridized carbons (Fsp3) is 0.500. The highest BCUT2D eigenvalue weighted by atomic mass is 14.2. The van der Waals surface area contributed by atoms with Crippen LogP contribution in [0.5, 0.6) is 0 Å². The predicted molar refractivity (Wildman–Crippen MR) is 34.6 cm³/mol. The molecule has 0 spiro atoms. The van der Waals surface area contributed by atoms with Crippen molar-refractivity contribution in [3.63, 3.8) is 0 Å². The minimum absolute atomic E-state index is 1.36. The average Bonchev–Trinajstić information content (AvgIpc) is 2.60.